The molecule has 30 heavy (non-hydrogen) atoms. The second kappa shape index (κ2) is 9.74. The van der Waals surface area contributed by atoms with E-state index in [0.29, 0.717) is 16.5 Å². The van der Waals surface area contributed by atoms with Crippen LogP contribution in [-0.2, 0) is 19.6 Å². The van der Waals surface area contributed by atoms with Crippen LogP contribution in [0.1, 0.15) is 34.7 Å². The van der Waals surface area contributed by atoms with Crippen molar-refractivity contribution in [2.45, 2.75) is 37.6 Å². The minimum absolute atomic E-state index is 0.127. The molecule has 0 unspecified atom stereocenters. The molecule has 1 aromatic carbocycles. The average molecular weight is 457 g/mol. The normalized spacial score (nSPS) is 12.2. The number of rotatable bonds is 8. The summed E-state index contributed by atoms with van der Waals surface area (Å²) in [5.41, 5.74) is 9.65. The highest BCUT2D eigenvalue weighted by atomic mass is 35.5. The first-order valence-corrected chi connectivity index (χ1v) is 10.6. The molecule has 162 valence electrons. The molecule has 1 atom stereocenters. The van der Waals surface area contributed by atoms with E-state index in [1.165, 1.54) is 30.3 Å². The number of halogens is 1. The molecule has 0 saturated carbocycles. The summed E-state index contributed by atoms with van der Waals surface area (Å²) in [6.07, 6.45) is -0.469. The summed E-state index contributed by atoms with van der Waals surface area (Å²) in [6.45, 7) is 3.24. The van der Waals surface area contributed by atoms with Crippen molar-refractivity contribution in [2.75, 3.05) is 0 Å². The van der Waals surface area contributed by atoms with Gasteiger partial charge in [0.2, 0.25) is 15.9 Å². The highest BCUT2D eigenvalue weighted by Gasteiger charge is 2.27. The number of benzene rings is 1. The van der Waals surface area contributed by atoms with E-state index in [9.17, 15) is 22.8 Å². The van der Waals surface area contributed by atoms with Gasteiger partial charge >= 0.3 is 0 Å². The lowest BCUT2D eigenvalue weighted by Gasteiger charge is -2.18. The molecule has 0 aliphatic rings. The number of hydrogen-bond donors (Lipinski definition) is 4. The maximum Gasteiger partial charge on any atom is 0.273 e. The van der Waals surface area contributed by atoms with Crippen LogP contribution in [0.15, 0.2) is 39.6 Å². The quantitative estimate of drug-likeness (QED) is 0.432. The smallest absolute Gasteiger partial charge is 0.273 e. The Morgan fingerprint density at radius 1 is 1.13 bits per heavy atom. The number of carbonyl (C=O) groups is 3. The highest BCUT2D eigenvalue weighted by molar-refractivity contribution is 7.89. The Hall–Kier alpha value is -2.89. The predicted molar refractivity (Wildman–Crippen MR) is 108 cm³/mol. The van der Waals surface area contributed by atoms with Crippen LogP contribution in [0.2, 0.25) is 5.02 Å². The third-order valence-corrected chi connectivity index (χ3v) is 5.74. The first-order chi connectivity index (χ1) is 14.0. The number of furan rings is 1. The van der Waals surface area contributed by atoms with Crippen LogP contribution in [0.3, 0.4) is 0 Å². The SMILES string of the molecule is Cc1cc(C(=O)NNC(=O)[C@H](CCC(N)=O)NS(=O)(=O)c2ccc(Cl)cc2)c(C)o1. The largest absolute Gasteiger partial charge is 0.466 e. The van der Waals surface area contributed by atoms with E-state index in [4.69, 9.17) is 21.8 Å². The van der Waals surface area contributed by atoms with E-state index in [1.807, 2.05) is 0 Å². The van der Waals surface area contributed by atoms with E-state index in [0.717, 1.165) is 0 Å². The molecule has 0 aliphatic carbocycles. The van der Waals surface area contributed by atoms with Gasteiger partial charge in [0.15, 0.2) is 0 Å². The molecule has 1 aromatic heterocycles. The topological polar surface area (TPSA) is 161 Å². The van der Waals surface area contributed by atoms with Gasteiger partial charge in [0.25, 0.3) is 11.8 Å². The molecular weight excluding hydrogens is 436 g/mol. The number of aryl methyl sites for hydroxylation is 2. The molecule has 5 N–H and O–H groups in total. The zero-order valence-electron chi connectivity index (χ0n) is 16.2. The summed E-state index contributed by atoms with van der Waals surface area (Å²) in [5, 5.41) is 0.337. The number of amides is 3. The molecule has 0 spiro atoms. The Balaban J connectivity index is 2.11. The third kappa shape index (κ3) is 6.31. The molecular formula is C18H21ClN4O6S. The summed E-state index contributed by atoms with van der Waals surface area (Å²) < 4.78 is 32.6. The zero-order valence-corrected chi connectivity index (χ0v) is 17.8. The first kappa shape index (κ1) is 23.4. The lowest BCUT2D eigenvalue weighted by molar-refractivity contribution is -0.124. The third-order valence-electron chi connectivity index (χ3n) is 4.00. The van der Waals surface area contributed by atoms with Gasteiger partial charge in [-0.3, -0.25) is 25.2 Å². The van der Waals surface area contributed by atoms with Crippen molar-refractivity contribution < 1.29 is 27.2 Å². The summed E-state index contributed by atoms with van der Waals surface area (Å²) in [4.78, 5) is 35.7. The standard InChI is InChI=1S/C18H21ClN4O6S/c1-10-9-14(11(2)29-10)17(25)21-22-18(26)15(7-8-16(20)24)23-30(27,28)13-5-3-12(19)4-6-13/h3-6,9,15,23H,7-8H2,1-2H3,(H2,20,24)(H,21,25)(H,22,26)/t15-/m0/s1. The predicted octanol–water partition coefficient (Wildman–Crippen LogP) is 0.923. The number of nitrogens with one attached hydrogen (secondary N) is 3. The molecule has 0 radical (unpaired) electrons. The monoisotopic (exact) mass is 456 g/mol. The summed E-state index contributed by atoms with van der Waals surface area (Å²) in [6, 6.07) is 5.41. The number of nitrogens with two attached hydrogens (primary N) is 1. The van der Waals surface area contributed by atoms with E-state index in [1.54, 1.807) is 13.8 Å². The van der Waals surface area contributed by atoms with Crippen molar-refractivity contribution in [3.8, 4) is 0 Å². The van der Waals surface area contributed by atoms with Crippen molar-refractivity contribution in [1.29, 1.82) is 0 Å². The van der Waals surface area contributed by atoms with Crippen molar-refractivity contribution in [1.82, 2.24) is 15.6 Å². The van der Waals surface area contributed by atoms with E-state index in [-0.39, 0.29) is 23.3 Å². The van der Waals surface area contributed by atoms with Crippen LogP contribution in [0.25, 0.3) is 0 Å². The van der Waals surface area contributed by atoms with Gasteiger partial charge in [0.1, 0.15) is 17.6 Å². The van der Waals surface area contributed by atoms with Crippen molar-refractivity contribution in [2.24, 2.45) is 5.73 Å². The Bertz CT molecular complexity index is 1050. The van der Waals surface area contributed by atoms with E-state index in [2.05, 4.69) is 15.6 Å². The van der Waals surface area contributed by atoms with Gasteiger partial charge in [0, 0.05) is 11.4 Å². The number of carbonyl (C=O) groups excluding carboxylic acids is 3. The van der Waals surface area contributed by atoms with Gasteiger partial charge in [0.05, 0.1) is 10.5 Å². The molecule has 2 rings (SSSR count). The van der Waals surface area contributed by atoms with E-state index >= 15 is 0 Å². The molecule has 12 heteroatoms. The Kier molecular flexibility index (Phi) is 7.59. The number of sulfonamides is 1. The van der Waals surface area contributed by atoms with Crippen LogP contribution in [0, 0.1) is 13.8 Å². The molecule has 0 bridgehead atoms. The lowest BCUT2D eigenvalue weighted by atomic mass is 10.1. The first-order valence-electron chi connectivity index (χ1n) is 8.73. The Morgan fingerprint density at radius 2 is 1.77 bits per heavy atom. The average Bonchev–Trinajstić information content (AvgIpc) is 3.01. The van der Waals surface area contributed by atoms with Crippen molar-refractivity contribution in [3.63, 3.8) is 0 Å². The highest BCUT2D eigenvalue weighted by Crippen LogP contribution is 2.15. The minimum Gasteiger partial charge on any atom is -0.466 e. The number of primary amides is 1. The summed E-state index contributed by atoms with van der Waals surface area (Å²) in [7, 11) is -4.11. The number of hydrazine groups is 1. The van der Waals surface area contributed by atoms with Gasteiger partial charge in [-0.1, -0.05) is 11.6 Å². The summed E-state index contributed by atoms with van der Waals surface area (Å²) in [5.74, 6) is -1.37. The van der Waals surface area contributed by atoms with E-state index < -0.39 is 33.8 Å². The van der Waals surface area contributed by atoms with Gasteiger partial charge < -0.3 is 10.2 Å². The number of hydrogen-bond acceptors (Lipinski definition) is 6. The van der Waals surface area contributed by atoms with Gasteiger partial charge in [-0.15, -0.1) is 0 Å². The fourth-order valence-electron chi connectivity index (χ4n) is 2.53. The molecule has 2 aromatic rings. The maximum atomic E-state index is 12.6. The van der Waals surface area contributed by atoms with Gasteiger partial charge in [-0.05, 0) is 50.6 Å². The molecule has 3 amide bonds. The molecule has 10 nitrogen and oxygen atoms in total. The molecule has 0 aliphatic heterocycles. The second-order valence-corrected chi connectivity index (χ2v) is 8.55. The lowest BCUT2D eigenvalue weighted by Crippen LogP contribution is -2.52. The van der Waals surface area contributed by atoms with Gasteiger partial charge in [-0.2, -0.15) is 4.72 Å². The second-order valence-electron chi connectivity index (χ2n) is 6.40. The zero-order chi connectivity index (χ0) is 22.5. The minimum atomic E-state index is -4.11. The fraction of sp³-hybridized carbons (Fsp3) is 0.278. The van der Waals surface area contributed by atoms with Crippen LogP contribution in [0.4, 0.5) is 0 Å². The van der Waals surface area contributed by atoms with Crippen molar-refractivity contribution in [3.05, 3.63) is 52.4 Å². The maximum absolute atomic E-state index is 12.6. The summed E-state index contributed by atoms with van der Waals surface area (Å²) >= 11 is 5.76. The van der Waals surface area contributed by atoms with Crippen LogP contribution >= 0.6 is 11.6 Å². The van der Waals surface area contributed by atoms with Crippen LogP contribution < -0.4 is 21.3 Å². The Morgan fingerprint density at radius 3 is 2.30 bits per heavy atom. The molecule has 0 fully saturated rings. The fourth-order valence-corrected chi connectivity index (χ4v) is 3.88. The molecule has 1 heterocycles. The molecule has 0 saturated heterocycles. The van der Waals surface area contributed by atoms with Crippen LogP contribution in [-0.4, -0.2) is 32.2 Å². The van der Waals surface area contributed by atoms with Gasteiger partial charge in [-0.25, -0.2) is 8.42 Å². The Labute approximate surface area is 178 Å². The van der Waals surface area contributed by atoms with Crippen LogP contribution in [0.5, 0.6) is 0 Å². The van der Waals surface area contributed by atoms with Crippen molar-refractivity contribution >= 4 is 39.3 Å².